The van der Waals surface area contributed by atoms with E-state index in [1.807, 2.05) is 0 Å². The number of piperidine rings is 1. The zero-order valence-corrected chi connectivity index (χ0v) is 12.0. The third kappa shape index (κ3) is 3.56. The van der Waals surface area contributed by atoms with Crippen molar-refractivity contribution in [3.05, 3.63) is 0 Å². The zero-order valence-electron chi connectivity index (χ0n) is 11.2. The molecular weight excluding hydrogens is 282 g/mol. The van der Waals surface area contributed by atoms with Crippen molar-refractivity contribution in [2.75, 3.05) is 31.3 Å². The van der Waals surface area contributed by atoms with Crippen LogP contribution in [0.3, 0.4) is 0 Å². The summed E-state index contributed by atoms with van der Waals surface area (Å²) in [6, 6.07) is -1.28. The van der Waals surface area contributed by atoms with Crippen molar-refractivity contribution in [1.82, 2.24) is 15.1 Å². The van der Waals surface area contributed by atoms with Crippen LogP contribution in [0.5, 0.6) is 0 Å². The summed E-state index contributed by atoms with van der Waals surface area (Å²) in [4.78, 5) is 37.8. The van der Waals surface area contributed by atoms with Crippen LogP contribution in [0.15, 0.2) is 0 Å². The minimum atomic E-state index is -1.01. The van der Waals surface area contributed by atoms with Crippen molar-refractivity contribution in [3.8, 4) is 0 Å². The molecule has 0 bridgehead atoms. The van der Waals surface area contributed by atoms with Crippen LogP contribution in [0.4, 0.5) is 4.79 Å². The average Bonchev–Trinajstić information content (AvgIpc) is 2.95. The first-order valence-corrected chi connectivity index (χ1v) is 7.88. The molecule has 0 spiro atoms. The van der Waals surface area contributed by atoms with Gasteiger partial charge in [0, 0.05) is 18.8 Å². The van der Waals surface area contributed by atoms with Crippen LogP contribution in [0.25, 0.3) is 0 Å². The molecule has 1 atom stereocenters. The third-order valence-electron chi connectivity index (χ3n) is 3.53. The summed E-state index contributed by atoms with van der Waals surface area (Å²) >= 11 is 1.40. The number of carboxylic acid groups (broad SMARTS) is 1. The molecule has 2 saturated heterocycles. The number of carbonyl (C=O) groups is 3. The molecule has 0 aromatic rings. The largest absolute Gasteiger partial charge is 0.480 e. The van der Waals surface area contributed by atoms with E-state index in [0.29, 0.717) is 11.6 Å². The molecule has 3 amide bonds. The maximum Gasteiger partial charge on any atom is 0.327 e. The first-order chi connectivity index (χ1) is 9.59. The van der Waals surface area contributed by atoms with Crippen LogP contribution >= 0.6 is 11.8 Å². The number of nitrogens with zero attached hydrogens (tertiary/aromatic N) is 2. The van der Waals surface area contributed by atoms with Crippen LogP contribution in [-0.2, 0) is 9.59 Å². The summed E-state index contributed by atoms with van der Waals surface area (Å²) in [7, 11) is 0. The van der Waals surface area contributed by atoms with Gasteiger partial charge in [-0.15, -0.1) is 11.8 Å². The fraction of sp³-hybridized carbons (Fsp3) is 0.750. The van der Waals surface area contributed by atoms with E-state index in [0.717, 1.165) is 32.4 Å². The maximum atomic E-state index is 11.9. The Morgan fingerprint density at radius 2 is 1.90 bits per heavy atom. The van der Waals surface area contributed by atoms with Gasteiger partial charge in [0.2, 0.25) is 5.91 Å². The number of carbonyl (C=O) groups excluding carboxylic acids is 2. The highest BCUT2D eigenvalue weighted by molar-refractivity contribution is 7.99. The third-order valence-corrected chi connectivity index (χ3v) is 4.54. The number of likely N-dealkylation sites (tertiary alicyclic amines) is 1. The molecule has 0 unspecified atom stereocenters. The smallest absolute Gasteiger partial charge is 0.327 e. The van der Waals surface area contributed by atoms with Crippen molar-refractivity contribution >= 4 is 29.7 Å². The lowest BCUT2D eigenvalue weighted by molar-refractivity contribution is -0.140. The molecule has 2 rings (SSSR count). The molecule has 2 fully saturated rings. The number of carboxylic acids is 1. The summed E-state index contributed by atoms with van der Waals surface area (Å²) in [6.45, 7) is 1.42. The van der Waals surface area contributed by atoms with E-state index in [1.54, 1.807) is 4.90 Å². The summed E-state index contributed by atoms with van der Waals surface area (Å²) in [6.07, 6.45) is 3.15. The molecule has 7 nitrogen and oxygen atoms in total. The fourth-order valence-corrected chi connectivity index (χ4v) is 3.50. The molecule has 0 aromatic heterocycles. The Kier molecular flexibility index (Phi) is 5.11. The molecule has 2 heterocycles. The van der Waals surface area contributed by atoms with Gasteiger partial charge in [-0.3, -0.25) is 4.79 Å². The molecule has 0 radical (unpaired) electrons. The molecule has 2 aliphatic heterocycles. The summed E-state index contributed by atoms with van der Waals surface area (Å²) in [5, 5.41) is 11.5. The average molecular weight is 301 g/mol. The van der Waals surface area contributed by atoms with Gasteiger partial charge in [-0.2, -0.15) is 0 Å². The van der Waals surface area contributed by atoms with E-state index >= 15 is 0 Å². The second kappa shape index (κ2) is 6.83. The number of amides is 3. The SMILES string of the molecule is O=C(O)[C@@H]1CSCN1C(=O)NCC(=O)N1CCCCC1. The molecule has 20 heavy (non-hydrogen) atoms. The predicted octanol–water partition coefficient (Wildman–Crippen LogP) is 0.168. The topological polar surface area (TPSA) is 90.0 Å². The minimum Gasteiger partial charge on any atom is -0.480 e. The van der Waals surface area contributed by atoms with Crippen molar-refractivity contribution in [2.24, 2.45) is 0 Å². The Balaban J connectivity index is 1.79. The number of hydrogen-bond donors (Lipinski definition) is 2. The Labute approximate surface area is 121 Å². The van der Waals surface area contributed by atoms with Crippen LogP contribution in [-0.4, -0.2) is 70.1 Å². The quantitative estimate of drug-likeness (QED) is 0.775. The number of aliphatic carboxylic acids is 1. The van der Waals surface area contributed by atoms with Crippen LogP contribution in [0.2, 0.25) is 0 Å². The number of urea groups is 1. The van der Waals surface area contributed by atoms with Gasteiger partial charge in [0.1, 0.15) is 6.04 Å². The van der Waals surface area contributed by atoms with E-state index in [-0.39, 0.29) is 12.5 Å². The standard InChI is InChI=1S/C12H19N3O4S/c16-10(14-4-2-1-3-5-14)6-13-12(19)15-8-20-7-9(15)11(17)18/h9H,1-8H2,(H,13,19)(H,17,18)/t9-/m0/s1. The highest BCUT2D eigenvalue weighted by Crippen LogP contribution is 2.20. The Bertz CT molecular complexity index is 398. The number of thioether (sulfide) groups is 1. The van der Waals surface area contributed by atoms with Gasteiger partial charge < -0.3 is 20.2 Å². The van der Waals surface area contributed by atoms with E-state index in [4.69, 9.17) is 5.11 Å². The zero-order chi connectivity index (χ0) is 14.5. The lowest BCUT2D eigenvalue weighted by Gasteiger charge is -2.27. The number of rotatable bonds is 3. The Morgan fingerprint density at radius 3 is 2.55 bits per heavy atom. The lowest BCUT2D eigenvalue weighted by atomic mass is 10.1. The maximum absolute atomic E-state index is 11.9. The van der Waals surface area contributed by atoms with Gasteiger partial charge in [0.25, 0.3) is 0 Å². The molecule has 2 aliphatic rings. The highest BCUT2D eigenvalue weighted by atomic mass is 32.2. The summed E-state index contributed by atoms with van der Waals surface area (Å²) in [5.41, 5.74) is 0. The van der Waals surface area contributed by atoms with Crippen LogP contribution < -0.4 is 5.32 Å². The van der Waals surface area contributed by atoms with Crippen molar-refractivity contribution in [3.63, 3.8) is 0 Å². The first-order valence-electron chi connectivity index (χ1n) is 6.72. The second-order valence-corrected chi connectivity index (χ2v) is 5.92. The van der Waals surface area contributed by atoms with E-state index < -0.39 is 18.0 Å². The molecule has 8 heteroatoms. The molecule has 0 aliphatic carbocycles. The van der Waals surface area contributed by atoms with E-state index in [1.165, 1.54) is 16.7 Å². The normalized spacial score (nSPS) is 22.7. The first kappa shape index (κ1) is 15.0. The molecule has 0 aromatic carbocycles. The van der Waals surface area contributed by atoms with Crippen molar-refractivity contribution in [1.29, 1.82) is 0 Å². The van der Waals surface area contributed by atoms with Gasteiger partial charge in [-0.05, 0) is 19.3 Å². The van der Waals surface area contributed by atoms with Gasteiger partial charge in [-0.1, -0.05) is 0 Å². The summed E-state index contributed by atoms with van der Waals surface area (Å²) < 4.78 is 0. The molecule has 0 saturated carbocycles. The monoisotopic (exact) mass is 301 g/mol. The van der Waals surface area contributed by atoms with Crippen molar-refractivity contribution in [2.45, 2.75) is 25.3 Å². The van der Waals surface area contributed by atoms with Gasteiger partial charge >= 0.3 is 12.0 Å². The van der Waals surface area contributed by atoms with Gasteiger partial charge in [-0.25, -0.2) is 9.59 Å². The van der Waals surface area contributed by atoms with Crippen LogP contribution in [0.1, 0.15) is 19.3 Å². The van der Waals surface area contributed by atoms with Crippen LogP contribution in [0, 0.1) is 0 Å². The predicted molar refractivity (Wildman–Crippen MR) is 74.4 cm³/mol. The Morgan fingerprint density at radius 1 is 1.20 bits per heavy atom. The molecule has 2 N–H and O–H groups in total. The Hall–Kier alpha value is -1.44. The fourth-order valence-electron chi connectivity index (χ4n) is 2.36. The van der Waals surface area contributed by atoms with Crippen molar-refractivity contribution < 1.29 is 19.5 Å². The minimum absolute atomic E-state index is 0.0632. The number of nitrogens with one attached hydrogen (secondary N) is 1. The van der Waals surface area contributed by atoms with E-state index in [2.05, 4.69) is 5.32 Å². The molecule has 112 valence electrons. The second-order valence-electron chi connectivity index (χ2n) is 4.92. The lowest BCUT2D eigenvalue weighted by Crippen LogP contribution is -2.50. The van der Waals surface area contributed by atoms with Gasteiger partial charge in [0.15, 0.2) is 0 Å². The van der Waals surface area contributed by atoms with E-state index in [9.17, 15) is 14.4 Å². The molecular formula is C12H19N3O4S. The highest BCUT2D eigenvalue weighted by Gasteiger charge is 2.34. The number of hydrogen-bond acceptors (Lipinski definition) is 4. The summed E-state index contributed by atoms with van der Waals surface area (Å²) in [5.74, 6) is -0.368. The van der Waals surface area contributed by atoms with Gasteiger partial charge in [0.05, 0.1) is 12.4 Å².